The van der Waals surface area contributed by atoms with Gasteiger partial charge in [0.05, 0.1) is 0 Å². The summed E-state index contributed by atoms with van der Waals surface area (Å²) in [5, 5.41) is 19.0. The number of aldehydes is 1. The molecule has 0 aliphatic rings. The second-order valence-corrected chi connectivity index (χ2v) is 4.73. The van der Waals surface area contributed by atoms with Gasteiger partial charge in [0.15, 0.2) is 0 Å². The Bertz CT molecular complexity index is 495. The SMILES string of the molecule is CC(C)=CCC/C(C=O)=C/Cc1cc(O)ccc1O. The molecule has 0 aromatic heterocycles. The van der Waals surface area contributed by atoms with E-state index in [1.807, 2.05) is 13.8 Å². The van der Waals surface area contributed by atoms with Gasteiger partial charge in [0.2, 0.25) is 0 Å². The summed E-state index contributed by atoms with van der Waals surface area (Å²) < 4.78 is 0. The van der Waals surface area contributed by atoms with Crippen LogP contribution in [0, 0.1) is 0 Å². The van der Waals surface area contributed by atoms with Crippen LogP contribution in [0.5, 0.6) is 11.5 Å². The summed E-state index contributed by atoms with van der Waals surface area (Å²) in [7, 11) is 0. The van der Waals surface area contributed by atoms with E-state index < -0.39 is 0 Å². The highest BCUT2D eigenvalue weighted by atomic mass is 16.3. The molecule has 0 radical (unpaired) electrons. The van der Waals surface area contributed by atoms with Crippen LogP contribution < -0.4 is 0 Å². The number of benzene rings is 1. The van der Waals surface area contributed by atoms with E-state index in [2.05, 4.69) is 6.08 Å². The first-order valence-electron chi connectivity index (χ1n) is 6.31. The maximum atomic E-state index is 11.0. The number of phenols is 2. The molecule has 0 heterocycles. The minimum Gasteiger partial charge on any atom is -0.508 e. The summed E-state index contributed by atoms with van der Waals surface area (Å²) >= 11 is 0. The molecule has 0 atom stereocenters. The van der Waals surface area contributed by atoms with Gasteiger partial charge in [0.1, 0.15) is 17.8 Å². The molecule has 0 saturated carbocycles. The van der Waals surface area contributed by atoms with Gasteiger partial charge in [-0.1, -0.05) is 17.7 Å². The lowest BCUT2D eigenvalue weighted by molar-refractivity contribution is -0.105. The number of carbonyl (C=O) groups is 1. The van der Waals surface area contributed by atoms with Crippen LogP contribution in [0.4, 0.5) is 0 Å². The van der Waals surface area contributed by atoms with Crippen LogP contribution >= 0.6 is 0 Å². The molecule has 3 heteroatoms. The summed E-state index contributed by atoms with van der Waals surface area (Å²) in [6.45, 7) is 4.05. The fourth-order valence-corrected chi connectivity index (χ4v) is 1.71. The Morgan fingerprint density at radius 2 is 1.95 bits per heavy atom. The molecule has 0 aliphatic carbocycles. The van der Waals surface area contributed by atoms with Crippen molar-refractivity contribution in [1.82, 2.24) is 0 Å². The van der Waals surface area contributed by atoms with Crippen LogP contribution in [-0.2, 0) is 11.2 Å². The van der Waals surface area contributed by atoms with Gasteiger partial charge in [-0.2, -0.15) is 0 Å². The van der Waals surface area contributed by atoms with E-state index in [1.165, 1.54) is 23.8 Å². The lowest BCUT2D eigenvalue weighted by Gasteiger charge is -2.03. The fourth-order valence-electron chi connectivity index (χ4n) is 1.71. The molecule has 102 valence electrons. The molecule has 0 saturated heterocycles. The first-order valence-corrected chi connectivity index (χ1v) is 6.31. The van der Waals surface area contributed by atoms with Gasteiger partial charge >= 0.3 is 0 Å². The minimum absolute atomic E-state index is 0.110. The van der Waals surface area contributed by atoms with Crippen molar-refractivity contribution in [3.63, 3.8) is 0 Å². The van der Waals surface area contributed by atoms with E-state index in [4.69, 9.17) is 0 Å². The van der Waals surface area contributed by atoms with Gasteiger partial charge in [0.25, 0.3) is 0 Å². The van der Waals surface area contributed by atoms with Gasteiger partial charge < -0.3 is 10.2 Å². The van der Waals surface area contributed by atoms with E-state index in [9.17, 15) is 15.0 Å². The standard InChI is InChI=1S/C16H20O3/c1-12(2)4-3-5-13(11-17)6-7-14-10-15(18)8-9-16(14)19/h4,6,8-11,18-19H,3,5,7H2,1-2H3/b13-6-. The highest BCUT2D eigenvalue weighted by molar-refractivity contribution is 5.73. The zero-order valence-electron chi connectivity index (χ0n) is 11.4. The quantitative estimate of drug-likeness (QED) is 0.356. The maximum absolute atomic E-state index is 11.0. The largest absolute Gasteiger partial charge is 0.508 e. The van der Waals surface area contributed by atoms with Crippen LogP contribution in [0.2, 0.25) is 0 Å². The molecule has 0 bridgehead atoms. The molecule has 0 fully saturated rings. The number of rotatable bonds is 6. The third-order valence-electron chi connectivity index (χ3n) is 2.78. The molecular weight excluding hydrogens is 240 g/mol. The summed E-state index contributed by atoms with van der Waals surface area (Å²) in [5.41, 5.74) is 2.55. The molecular formula is C16H20O3. The molecule has 0 amide bonds. The van der Waals surface area contributed by atoms with Crippen LogP contribution in [0.25, 0.3) is 0 Å². The Morgan fingerprint density at radius 1 is 1.21 bits per heavy atom. The molecule has 19 heavy (non-hydrogen) atoms. The minimum atomic E-state index is 0.110. The number of phenolic OH excluding ortho intramolecular Hbond substituents is 2. The second-order valence-electron chi connectivity index (χ2n) is 4.73. The Hall–Kier alpha value is -2.03. The highest BCUT2D eigenvalue weighted by Crippen LogP contribution is 2.23. The fraction of sp³-hybridized carbons (Fsp3) is 0.312. The second kappa shape index (κ2) is 7.41. The van der Waals surface area contributed by atoms with Crippen molar-refractivity contribution >= 4 is 6.29 Å². The van der Waals surface area contributed by atoms with E-state index in [-0.39, 0.29) is 11.5 Å². The van der Waals surface area contributed by atoms with Crippen molar-refractivity contribution in [2.24, 2.45) is 0 Å². The zero-order valence-corrected chi connectivity index (χ0v) is 11.4. The van der Waals surface area contributed by atoms with Crippen molar-refractivity contribution in [1.29, 1.82) is 0 Å². The molecule has 0 spiro atoms. The molecule has 1 rings (SSSR count). The lowest BCUT2D eigenvalue weighted by atomic mass is 10.0. The maximum Gasteiger partial charge on any atom is 0.145 e. The zero-order chi connectivity index (χ0) is 14.3. The summed E-state index contributed by atoms with van der Waals surface area (Å²) in [6, 6.07) is 4.38. The van der Waals surface area contributed by atoms with Crippen LogP contribution in [0.3, 0.4) is 0 Å². The smallest absolute Gasteiger partial charge is 0.145 e. The monoisotopic (exact) mass is 260 g/mol. The van der Waals surface area contributed by atoms with E-state index in [0.717, 1.165) is 12.7 Å². The molecule has 1 aromatic carbocycles. The third-order valence-corrected chi connectivity index (χ3v) is 2.78. The molecule has 0 unspecified atom stereocenters. The Morgan fingerprint density at radius 3 is 2.58 bits per heavy atom. The van der Waals surface area contributed by atoms with Crippen molar-refractivity contribution in [3.05, 3.63) is 47.1 Å². The van der Waals surface area contributed by atoms with Crippen molar-refractivity contribution in [3.8, 4) is 11.5 Å². The molecule has 3 nitrogen and oxygen atoms in total. The summed E-state index contributed by atoms with van der Waals surface area (Å²) in [4.78, 5) is 11.0. The highest BCUT2D eigenvalue weighted by Gasteiger charge is 2.02. The predicted octanol–water partition coefficient (Wildman–Crippen LogP) is 3.51. The first-order chi connectivity index (χ1) is 9.02. The van der Waals surface area contributed by atoms with Crippen molar-refractivity contribution < 1.29 is 15.0 Å². The van der Waals surface area contributed by atoms with Gasteiger partial charge in [-0.05, 0) is 56.9 Å². The number of hydrogen-bond donors (Lipinski definition) is 2. The van der Waals surface area contributed by atoms with Crippen LogP contribution in [-0.4, -0.2) is 16.5 Å². The number of carbonyl (C=O) groups excluding carboxylic acids is 1. The first kappa shape index (κ1) is 15.0. The van der Waals surface area contributed by atoms with Gasteiger partial charge in [0, 0.05) is 5.56 Å². The number of hydrogen-bond acceptors (Lipinski definition) is 3. The average Bonchev–Trinajstić information content (AvgIpc) is 2.37. The molecule has 0 aliphatic heterocycles. The topological polar surface area (TPSA) is 57.5 Å². The lowest BCUT2D eigenvalue weighted by Crippen LogP contribution is -1.89. The Balaban J connectivity index is 2.69. The number of aromatic hydroxyl groups is 2. The van der Waals surface area contributed by atoms with Gasteiger partial charge in [-0.25, -0.2) is 0 Å². The van der Waals surface area contributed by atoms with Crippen LogP contribution in [0.15, 0.2) is 41.5 Å². The number of allylic oxidation sites excluding steroid dienone is 4. The Kier molecular flexibility index (Phi) is 5.86. The van der Waals surface area contributed by atoms with Gasteiger partial charge in [-0.3, -0.25) is 4.79 Å². The van der Waals surface area contributed by atoms with Gasteiger partial charge in [-0.15, -0.1) is 0 Å². The van der Waals surface area contributed by atoms with E-state index >= 15 is 0 Å². The average molecular weight is 260 g/mol. The normalized spacial score (nSPS) is 11.2. The predicted molar refractivity (Wildman–Crippen MR) is 76.3 cm³/mol. The van der Waals surface area contributed by atoms with E-state index in [0.29, 0.717) is 24.0 Å². The van der Waals surface area contributed by atoms with Crippen molar-refractivity contribution in [2.75, 3.05) is 0 Å². The molecule has 2 N–H and O–H groups in total. The molecule has 1 aromatic rings. The Labute approximate surface area is 113 Å². The van der Waals surface area contributed by atoms with Crippen LogP contribution in [0.1, 0.15) is 32.3 Å². The summed E-state index contributed by atoms with van der Waals surface area (Å²) in [6.07, 6.45) is 6.68. The third kappa shape index (κ3) is 5.42. The van der Waals surface area contributed by atoms with Crippen molar-refractivity contribution in [2.45, 2.75) is 33.1 Å². The summed E-state index contributed by atoms with van der Waals surface area (Å²) in [5.74, 6) is 0.238. The van der Waals surface area contributed by atoms with E-state index in [1.54, 1.807) is 6.08 Å².